The maximum atomic E-state index is 9.28. The maximum Gasteiger partial charge on any atom is 0.0626 e. The minimum Gasteiger partial charge on any atom is -0.396 e. The van der Waals surface area contributed by atoms with Gasteiger partial charge in [-0.2, -0.15) is 0 Å². The SMILES string of the molecule is CN1CCC(C(CCO)OCCCC2CCNCC2)CC1. The zero-order chi connectivity index (χ0) is 14.9. The van der Waals surface area contributed by atoms with Gasteiger partial charge in [0.1, 0.15) is 0 Å². The third kappa shape index (κ3) is 6.23. The fourth-order valence-corrected chi connectivity index (χ4v) is 3.76. The third-order valence-corrected chi connectivity index (χ3v) is 5.25. The van der Waals surface area contributed by atoms with Crippen LogP contribution < -0.4 is 5.32 Å². The van der Waals surface area contributed by atoms with Gasteiger partial charge in [0.15, 0.2) is 0 Å². The molecule has 2 fully saturated rings. The number of likely N-dealkylation sites (tertiary alicyclic amines) is 1. The molecule has 2 heterocycles. The number of nitrogens with zero attached hydrogens (tertiary/aromatic N) is 1. The first-order valence-electron chi connectivity index (χ1n) is 8.91. The summed E-state index contributed by atoms with van der Waals surface area (Å²) < 4.78 is 6.15. The lowest BCUT2D eigenvalue weighted by molar-refractivity contribution is -0.0224. The molecule has 0 aromatic carbocycles. The molecule has 0 bridgehead atoms. The summed E-state index contributed by atoms with van der Waals surface area (Å²) in [5, 5.41) is 12.7. The average molecular weight is 298 g/mol. The van der Waals surface area contributed by atoms with Gasteiger partial charge in [0, 0.05) is 13.2 Å². The molecule has 0 radical (unpaired) electrons. The van der Waals surface area contributed by atoms with Crippen LogP contribution in [-0.2, 0) is 4.74 Å². The van der Waals surface area contributed by atoms with Gasteiger partial charge in [0.25, 0.3) is 0 Å². The van der Waals surface area contributed by atoms with Crippen molar-refractivity contribution in [1.29, 1.82) is 0 Å². The summed E-state index contributed by atoms with van der Waals surface area (Å²) in [5.41, 5.74) is 0. The van der Waals surface area contributed by atoms with Crippen molar-refractivity contribution in [2.45, 2.75) is 51.0 Å². The van der Waals surface area contributed by atoms with Crippen LogP contribution >= 0.6 is 0 Å². The highest BCUT2D eigenvalue weighted by Crippen LogP contribution is 2.25. The Kier molecular flexibility index (Phi) is 8.01. The number of hydrogen-bond donors (Lipinski definition) is 2. The first-order valence-corrected chi connectivity index (χ1v) is 8.91. The lowest BCUT2D eigenvalue weighted by Crippen LogP contribution is -2.37. The van der Waals surface area contributed by atoms with Gasteiger partial charge in [-0.1, -0.05) is 0 Å². The molecule has 0 amide bonds. The second-order valence-corrected chi connectivity index (χ2v) is 6.90. The summed E-state index contributed by atoms with van der Waals surface area (Å²) in [5.74, 6) is 1.54. The molecular weight excluding hydrogens is 264 g/mol. The van der Waals surface area contributed by atoms with Crippen molar-refractivity contribution in [2.24, 2.45) is 11.8 Å². The van der Waals surface area contributed by atoms with E-state index in [0.717, 1.165) is 18.9 Å². The van der Waals surface area contributed by atoms with Gasteiger partial charge in [-0.15, -0.1) is 0 Å². The number of piperidine rings is 2. The minimum atomic E-state index is 0.255. The molecule has 1 atom stereocenters. The summed E-state index contributed by atoms with van der Waals surface area (Å²) >= 11 is 0. The molecule has 2 aliphatic heterocycles. The number of aliphatic hydroxyl groups excluding tert-OH is 1. The highest BCUT2D eigenvalue weighted by molar-refractivity contribution is 4.77. The van der Waals surface area contributed by atoms with Crippen LogP contribution in [0.3, 0.4) is 0 Å². The van der Waals surface area contributed by atoms with E-state index in [9.17, 15) is 5.11 Å². The van der Waals surface area contributed by atoms with Crippen molar-refractivity contribution >= 4 is 0 Å². The maximum absolute atomic E-state index is 9.28. The van der Waals surface area contributed by atoms with E-state index in [4.69, 9.17) is 4.74 Å². The van der Waals surface area contributed by atoms with Crippen LogP contribution in [0.15, 0.2) is 0 Å². The topological polar surface area (TPSA) is 44.7 Å². The van der Waals surface area contributed by atoms with E-state index in [1.54, 1.807) is 0 Å². The second kappa shape index (κ2) is 9.78. The Balaban J connectivity index is 1.62. The molecule has 0 aromatic heterocycles. The van der Waals surface area contributed by atoms with Gasteiger partial charge in [0.05, 0.1) is 6.10 Å². The van der Waals surface area contributed by atoms with Crippen molar-refractivity contribution in [3.63, 3.8) is 0 Å². The predicted octanol–water partition coefficient (Wildman–Crippen LogP) is 1.88. The molecule has 0 saturated carbocycles. The second-order valence-electron chi connectivity index (χ2n) is 6.90. The monoisotopic (exact) mass is 298 g/mol. The third-order valence-electron chi connectivity index (χ3n) is 5.25. The van der Waals surface area contributed by atoms with Gasteiger partial charge in [0.2, 0.25) is 0 Å². The molecule has 4 heteroatoms. The summed E-state index contributed by atoms with van der Waals surface area (Å²) in [6, 6.07) is 0. The molecule has 2 saturated heterocycles. The molecule has 2 aliphatic rings. The van der Waals surface area contributed by atoms with Crippen LogP contribution in [0.5, 0.6) is 0 Å². The quantitative estimate of drug-likeness (QED) is 0.672. The number of rotatable bonds is 8. The van der Waals surface area contributed by atoms with E-state index in [1.807, 2.05) is 0 Å². The fraction of sp³-hybridized carbons (Fsp3) is 1.00. The molecule has 2 N–H and O–H groups in total. The molecule has 0 spiro atoms. The molecule has 124 valence electrons. The van der Waals surface area contributed by atoms with Gasteiger partial charge < -0.3 is 20.1 Å². The van der Waals surface area contributed by atoms with Crippen LogP contribution in [0.25, 0.3) is 0 Å². The van der Waals surface area contributed by atoms with E-state index >= 15 is 0 Å². The van der Waals surface area contributed by atoms with E-state index in [0.29, 0.717) is 5.92 Å². The normalized spacial score (nSPS) is 24.3. The molecule has 2 rings (SSSR count). The Morgan fingerprint density at radius 1 is 1.19 bits per heavy atom. The fourth-order valence-electron chi connectivity index (χ4n) is 3.76. The number of ether oxygens (including phenoxy) is 1. The van der Waals surface area contributed by atoms with Crippen LogP contribution in [0.1, 0.15) is 44.9 Å². The summed E-state index contributed by atoms with van der Waals surface area (Å²) in [4.78, 5) is 2.39. The summed E-state index contributed by atoms with van der Waals surface area (Å²) in [7, 11) is 2.19. The smallest absolute Gasteiger partial charge is 0.0626 e. The van der Waals surface area contributed by atoms with Crippen LogP contribution in [0.4, 0.5) is 0 Å². The van der Waals surface area contributed by atoms with Crippen molar-refractivity contribution < 1.29 is 9.84 Å². The number of hydrogen-bond acceptors (Lipinski definition) is 4. The molecule has 0 aliphatic carbocycles. The van der Waals surface area contributed by atoms with Crippen molar-refractivity contribution in [2.75, 3.05) is 46.4 Å². The van der Waals surface area contributed by atoms with Crippen molar-refractivity contribution in [3.8, 4) is 0 Å². The molecular formula is C17H34N2O2. The van der Waals surface area contributed by atoms with Gasteiger partial charge in [-0.3, -0.25) is 0 Å². The summed E-state index contributed by atoms with van der Waals surface area (Å²) in [6.07, 6.45) is 8.66. The van der Waals surface area contributed by atoms with Gasteiger partial charge >= 0.3 is 0 Å². The predicted molar refractivity (Wildman–Crippen MR) is 86.5 cm³/mol. The highest BCUT2D eigenvalue weighted by atomic mass is 16.5. The van der Waals surface area contributed by atoms with E-state index in [1.165, 1.54) is 64.7 Å². The zero-order valence-electron chi connectivity index (χ0n) is 13.7. The largest absolute Gasteiger partial charge is 0.396 e. The Morgan fingerprint density at radius 3 is 2.57 bits per heavy atom. The van der Waals surface area contributed by atoms with E-state index in [-0.39, 0.29) is 12.7 Å². The van der Waals surface area contributed by atoms with E-state index < -0.39 is 0 Å². The summed E-state index contributed by atoms with van der Waals surface area (Å²) in [6.45, 7) is 5.85. The Labute approximate surface area is 130 Å². The minimum absolute atomic E-state index is 0.255. The van der Waals surface area contributed by atoms with Crippen LogP contribution in [0.2, 0.25) is 0 Å². The van der Waals surface area contributed by atoms with Crippen LogP contribution in [-0.4, -0.2) is 62.6 Å². The average Bonchev–Trinajstić information content (AvgIpc) is 2.52. The molecule has 0 aromatic rings. The first-order chi connectivity index (χ1) is 10.3. The van der Waals surface area contributed by atoms with E-state index in [2.05, 4.69) is 17.3 Å². The van der Waals surface area contributed by atoms with Gasteiger partial charge in [-0.05, 0) is 90.0 Å². The first kappa shape index (κ1) is 17.2. The number of nitrogens with one attached hydrogen (secondary N) is 1. The highest BCUT2D eigenvalue weighted by Gasteiger charge is 2.25. The Hall–Kier alpha value is -0.160. The van der Waals surface area contributed by atoms with Crippen LogP contribution in [0, 0.1) is 11.8 Å². The Morgan fingerprint density at radius 2 is 1.90 bits per heavy atom. The molecule has 21 heavy (non-hydrogen) atoms. The van der Waals surface area contributed by atoms with Gasteiger partial charge in [-0.25, -0.2) is 0 Å². The lowest BCUT2D eigenvalue weighted by atomic mass is 9.89. The lowest BCUT2D eigenvalue weighted by Gasteiger charge is -2.34. The van der Waals surface area contributed by atoms with Crippen molar-refractivity contribution in [1.82, 2.24) is 10.2 Å². The molecule has 4 nitrogen and oxygen atoms in total. The zero-order valence-corrected chi connectivity index (χ0v) is 13.7. The number of aliphatic hydroxyl groups is 1. The molecule has 1 unspecified atom stereocenters. The standard InChI is InChI=1S/C17H34N2O2/c1-19-11-6-16(7-12-19)17(8-13-20)21-14-2-3-15-4-9-18-10-5-15/h15-18,20H,2-14H2,1H3. The van der Waals surface area contributed by atoms with Crippen molar-refractivity contribution in [3.05, 3.63) is 0 Å². The Bertz CT molecular complexity index is 262.